The molecule has 1 fully saturated rings. The predicted octanol–water partition coefficient (Wildman–Crippen LogP) is 4.46. The van der Waals surface area contributed by atoms with Crippen LogP contribution in [0.1, 0.15) is 57.3 Å². The van der Waals surface area contributed by atoms with E-state index in [0.29, 0.717) is 11.6 Å². The number of hydrogen-bond donors (Lipinski definition) is 2. The van der Waals surface area contributed by atoms with Gasteiger partial charge in [-0.3, -0.25) is 9.59 Å². The molecule has 3 aromatic carbocycles. The largest absolute Gasteiger partial charge is 0.342 e. The van der Waals surface area contributed by atoms with Crippen molar-refractivity contribution in [2.45, 2.75) is 35.0 Å². The highest BCUT2D eigenvalue weighted by Gasteiger charge is 2.35. The maximum Gasteiger partial charge on any atom is 0.255 e. The van der Waals surface area contributed by atoms with E-state index in [0.717, 1.165) is 29.7 Å². The first-order valence-electron chi connectivity index (χ1n) is 10.8. The number of rotatable bonds is 3. The number of carbonyl (C=O) groups excluding carboxylic acids is 2. The van der Waals surface area contributed by atoms with Gasteiger partial charge in [0.1, 0.15) is 5.82 Å². The van der Waals surface area contributed by atoms with Crippen LogP contribution in [-0.4, -0.2) is 30.1 Å². The number of carbonyl (C=O) groups is 2. The third kappa shape index (κ3) is 3.09. The molecule has 0 spiro atoms. The van der Waals surface area contributed by atoms with Gasteiger partial charge >= 0.3 is 0 Å². The Hall–Kier alpha value is -3.78. The summed E-state index contributed by atoms with van der Waals surface area (Å²) in [6.07, 6.45) is 3.49. The van der Waals surface area contributed by atoms with Crippen LogP contribution in [0.3, 0.4) is 0 Å². The minimum Gasteiger partial charge on any atom is -0.342 e. The quantitative estimate of drug-likeness (QED) is 0.416. The van der Waals surface area contributed by atoms with Crippen LogP contribution in [0.2, 0.25) is 0 Å². The number of aromatic amines is 1. The van der Waals surface area contributed by atoms with E-state index in [1.807, 2.05) is 12.1 Å². The number of anilines is 1. The summed E-state index contributed by atoms with van der Waals surface area (Å²) in [7, 11) is -3.91. The summed E-state index contributed by atoms with van der Waals surface area (Å²) in [5, 5.41) is 2.81. The second kappa shape index (κ2) is 7.11. The maximum atomic E-state index is 13.1. The Morgan fingerprint density at radius 3 is 2.55 bits per heavy atom. The highest BCUT2D eigenvalue weighted by molar-refractivity contribution is 7.91. The van der Waals surface area contributed by atoms with Gasteiger partial charge in [-0.25, -0.2) is 13.4 Å². The van der Waals surface area contributed by atoms with Crippen molar-refractivity contribution in [3.05, 3.63) is 83.2 Å². The van der Waals surface area contributed by atoms with Crippen molar-refractivity contribution in [2.75, 3.05) is 5.32 Å². The Labute approximate surface area is 189 Å². The van der Waals surface area contributed by atoms with Gasteiger partial charge < -0.3 is 10.3 Å². The van der Waals surface area contributed by atoms with Crippen molar-refractivity contribution in [3.63, 3.8) is 0 Å². The summed E-state index contributed by atoms with van der Waals surface area (Å²) in [4.78, 5) is 33.5. The Balaban J connectivity index is 1.32. The maximum absolute atomic E-state index is 13.1. The van der Waals surface area contributed by atoms with Crippen LogP contribution in [0.5, 0.6) is 0 Å². The number of nitrogens with one attached hydrogen (secondary N) is 2. The molecule has 0 atom stereocenters. The van der Waals surface area contributed by atoms with Crippen LogP contribution in [-0.2, 0) is 9.84 Å². The Morgan fingerprint density at radius 2 is 1.76 bits per heavy atom. The van der Waals surface area contributed by atoms with E-state index in [4.69, 9.17) is 0 Å². The zero-order chi connectivity index (χ0) is 22.7. The molecular weight excluding hydrogens is 438 g/mol. The summed E-state index contributed by atoms with van der Waals surface area (Å²) in [5.74, 6) is 0.622. The molecule has 2 aliphatic rings. The smallest absolute Gasteiger partial charge is 0.255 e. The normalized spacial score (nSPS) is 16.7. The molecule has 2 N–H and O–H groups in total. The van der Waals surface area contributed by atoms with E-state index in [-0.39, 0.29) is 32.3 Å². The molecule has 2 heterocycles. The topological polar surface area (TPSA) is 109 Å². The number of imidazole rings is 1. The molecule has 8 heteroatoms. The van der Waals surface area contributed by atoms with E-state index < -0.39 is 15.7 Å². The summed E-state index contributed by atoms with van der Waals surface area (Å²) < 4.78 is 26.2. The second-order valence-corrected chi connectivity index (χ2v) is 10.4. The van der Waals surface area contributed by atoms with Gasteiger partial charge in [-0.2, -0.15) is 0 Å². The van der Waals surface area contributed by atoms with Crippen LogP contribution in [0.15, 0.2) is 70.5 Å². The highest BCUT2D eigenvalue weighted by atomic mass is 32.2. The van der Waals surface area contributed by atoms with Crippen LogP contribution >= 0.6 is 0 Å². The van der Waals surface area contributed by atoms with Crippen molar-refractivity contribution in [1.82, 2.24) is 9.97 Å². The Bertz CT molecular complexity index is 1580. The van der Waals surface area contributed by atoms with E-state index in [9.17, 15) is 18.0 Å². The molecule has 7 nitrogen and oxygen atoms in total. The molecule has 1 aliphatic heterocycles. The molecule has 4 aromatic rings. The number of benzene rings is 3. The van der Waals surface area contributed by atoms with Crippen molar-refractivity contribution >= 4 is 38.2 Å². The minimum absolute atomic E-state index is 0.0352. The van der Waals surface area contributed by atoms with Gasteiger partial charge in [-0.15, -0.1) is 0 Å². The monoisotopic (exact) mass is 457 g/mol. The number of fused-ring (bicyclic) bond motifs is 3. The van der Waals surface area contributed by atoms with Gasteiger partial charge in [0, 0.05) is 28.3 Å². The van der Waals surface area contributed by atoms with E-state index in [1.165, 1.54) is 36.8 Å². The lowest BCUT2D eigenvalue weighted by molar-refractivity contribution is 0.101. The SMILES string of the molecule is O=C(Nc1ccc2nc(C3CCC3)[nH]c2c1)c1ccc2c(c1)S(=O)(=O)c1ccccc1C2=O. The van der Waals surface area contributed by atoms with Gasteiger partial charge in [0.25, 0.3) is 5.91 Å². The highest BCUT2D eigenvalue weighted by Crippen LogP contribution is 2.36. The first kappa shape index (κ1) is 19.9. The molecule has 1 saturated carbocycles. The first-order chi connectivity index (χ1) is 15.9. The fourth-order valence-electron chi connectivity index (χ4n) is 4.41. The van der Waals surface area contributed by atoms with Crippen LogP contribution in [0.25, 0.3) is 11.0 Å². The zero-order valence-corrected chi connectivity index (χ0v) is 18.3. The molecule has 1 aromatic heterocycles. The molecule has 33 heavy (non-hydrogen) atoms. The molecule has 6 rings (SSSR count). The van der Waals surface area contributed by atoms with Gasteiger partial charge in [0.05, 0.1) is 20.8 Å². The van der Waals surface area contributed by atoms with Crippen molar-refractivity contribution in [1.29, 1.82) is 0 Å². The third-order valence-electron chi connectivity index (χ3n) is 6.45. The van der Waals surface area contributed by atoms with E-state index in [2.05, 4.69) is 15.3 Å². The zero-order valence-electron chi connectivity index (χ0n) is 17.5. The van der Waals surface area contributed by atoms with Gasteiger partial charge in [-0.1, -0.05) is 18.6 Å². The van der Waals surface area contributed by atoms with Gasteiger partial charge in [0.2, 0.25) is 9.84 Å². The number of H-pyrrole nitrogens is 1. The summed E-state index contributed by atoms with van der Waals surface area (Å²) >= 11 is 0. The van der Waals surface area contributed by atoms with Crippen molar-refractivity contribution in [2.24, 2.45) is 0 Å². The molecule has 164 valence electrons. The lowest BCUT2D eigenvalue weighted by Crippen LogP contribution is -2.21. The number of sulfone groups is 1. The van der Waals surface area contributed by atoms with Crippen LogP contribution in [0.4, 0.5) is 5.69 Å². The molecule has 1 amide bonds. The van der Waals surface area contributed by atoms with Crippen molar-refractivity contribution < 1.29 is 18.0 Å². The number of aromatic nitrogens is 2. The fraction of sp³-hybridized carbons (Fsp3) is 0.160. The number of ketones is 1. The number of hydrogen-bond acceptors (Lipinski definition) is 5. The van der Waals surface area contributed by atoms with Crippen molar-refractivity contribution in [3.8, 4) is 0 Å². The first-order valence-corrected chi connectivity index (χ1v) is 12.2. The molecule has 0 bridgehead atoms. The summed E-state index contributed by atoms with van der Waals surface area (Å²) in [6.45, 7) is 0. The van der Waals surface area contributed by atoms with Gasteiger partial charge in [0.15, 0.2) is 5.78 Å². The lowest BCUT2D eigenvalue weighted by atomic mass is 9.85. The molecule has 0 saturated heterocycles. The number of amides is 1. The molecular formula is C25H19N3O4S. The summed E-state index contributed by atoms with van der Waals surface area (Å²) in [6, 6.07) is 15.7. The summed E-state index contributed by atoms with van der Waals surface area (Å²) in [5.41, 5.74) is 2.63. The van der Waals surface area contributed by atoms with E-state index >= 15 is 0 Å². The second-order valence-electron chi connectivity index (χ2n) is 8.48. The Morgan fingerprint density at radius 1 is 0.970 bits per heavy atom. The fourth-order valence-corrected chi connectivity index (χ4v) is 6.09. The average Bonchev–Trinajstić information content (AvgIpc) is 3.18. The lowest BCUT2D eigenvalue weighted by Gasteiger charge is -2.22. The van der Waals surface area contributed by atoms with E-state index in [1.54, 1.807) is 18.2 Å². The minimum atomic E-state index is -3.91. The third-order valence-corrected chi connectivity index (χ3v) is 8.30. The van der Waals surface area contributed by atoms with Crippen LogP contribution in [0, 0.1) is 0 Å². The molecule has 0 radical (unpaired) electrons. The van der Waals surface area contributed by atoms with Gasteiger partial charge in [-0.05, 0) is 61.4 Å². The average molecular weight is 458 g/mol. The number of nitrogens with zero attached hydrogens (tertiary/aromatic N) is 1. The van der Waals surface area contributed by atoms with Crippen LogP contribution < -0.4 is 5.32 Å². The predicted molar refractivity (Wildman–Crippen MR) is 122 cm³/mol. The Kier molecular flexibility index (Phi) is 4.28. The molecule has 0 unspecified atom stereocenters. The standard InChI is InChI=1S/C25H19N3O4S/c29-23-17-6-1-2-7-21(17)33(31,32)22-12-15(8-10-18(22)23)25(30)26-16-9-11-19-20(13-16)28-24(27-19)14-4-3-5-14/h1-2,6-14H,3-5H2,(H,26,30)(H,27,28). The molecule has 1 aliphatic carbocycles.